The minimum atomic E-state index is -1.08. The monoisotopic (exact) mass is 754 g/mol. The molecule has 4 nitrogen and oxygen atoms in total. The molecule has 0 aromatic heterocycles. The molecule has 0 heterocycles. The fraction of sp³-hybridized carbons (Fsp3) is 0.250. The molecular formula is C48H52O4P2. The number of methoxy groups -OCH3 is 4. The van der Waals surface area contributed by atoms with Crippen molar-refractivity contribution in [1.82, 2.24) is 0 Å². The van der Waals surface area contributed by atoms with Crippen LogP contribution in [-0.2, 0) is 0 Å². The second kappa shape index (κ2) is 16.4. The van der Waals surface area contributed by atoms with Gasteiger partial charge in [0.25, 0.3) is 0 Å². The van der Waals surface area contributed by atoms with E-state index < -0.39 is 15.8 Å². The summed E-state index contributed by atoms with van der Waals surface area (Å²) < 4.78 is 24.5. The molecule has 6 aromatic carbocycles. The van der Waals surface area contributed by atoms with Crippen molar-refractivity contribution >= 4 is 47.7 Å². The van der Waals surface area contributed by atoms with Gasteiger partial charge in [-0.3, -0.25) is 0 Å². The van der Waals surface area contributed by atoms with E-state index in [0.717, 1.165) is 56.4 Å². The van der Waals surface area contributed by atoms with E-state index in [1.54, 1.807) is 28.4 Å². The van der Waals surface area contributed by atoms with E-state index in [-0.39, 0.29) is 0 Å². The molecule has 0 N–H and O–H groups in total. The smallest absolute Gasteiger partial charge is 0.127 e. The van der Waals surface area contributed by atoms with Crippen LogP contribution >= 0.6 is 15.8 Å². The maximum Gasteiger partial charge on any atom is 0.127 e. The predicted octanol–water partition coefficient (Wildman–Crippen LogP) is 9.37. The lowest BCUT2D eigenvalue weighted by Crippen LogP contribution is -2.27. The first kappa shape index (κ1) is 39.1. The van der Waals surface area contributed by atoms with Gasteiger partial charge in [0, 0.05) is 11.1 Å². The highest BCUT2D eigenvalue weighted by atomic mass is 31.1. The Bertz CT molecular complexity index is 2090. The standard InChI is InChI=1S/C48H52O4P2/c1-29-19-30(2)22-37(21-29)53(39-25-33(5)47(51-11)34(6)26-39)43-17-13-15-41(49-9)45(43)46-42(50-10)16-14-18-44(46)54(38-23-31(3)20-32(4)24-38)40-27-35(7)48(52-12)36(8)28-40/h13-28H,1-12H3. The summed E-state index contributed by atoms with van der Waals surface area (Å²) in [6.45, 7) is 17.3. The van der Waals surface area contributed by atoms with Gasteiger partial charge in [-0.15, -0.1) is 0 Å². The summed E-state index contributed by atoms with van der Waals surface area (Å²) in [6, 6.07) is 36.2. The Morgan fingerprint density at radius 2 is 0.648 bits per heavy atom. The molecule has 2 atom stereocenters. The molecule has 0 aliphatic rings. The topological polar surface area (TPSA) is 36.9 Å². The Morgan fingerprint density at radius 3 is 0.926 bits per heavy atom. The van der Waals surface area contributed by atoms with Crippen molar-refractivity contribution in [2.24, 2.45) is 0 Å². The predicted molar refractivity (Wildman–Crippen MR) is 233 cm³/mol. The Balaban J connectivity index is 1.76. The Labute approximate surface area is 325 Å². The van der Waals surface area contributed by atoms with Crippen molar-refractivity contribution in [1.29, 1.82) is 0 Å². The first-order chi connectivity index (χ1) is 25.9. The van der Waals surface area contributed by atoms with Crippen molar-refractivity contribution in [3.05, 3.63) is 142 Å². The fourth-order valence-corrected chi connectivity index (χ4v) is 13.7. The van der Waals surface area contributed by atoms with E-state index in [4.69, 9.17) is 18.9 Å². The summed E-state index contributed by atoms with van der Waals surface area (Å²) in [7, 11) is 4.91. The van der Waals surface area contributed by atoms with Crippen LogP contribution in [0.15, 0.2) is 97.1 Å². The van der Waals surface area contributed by atoms with Crippen LogP contribution in [-0.4, -0.2) is 28.4 Å². The van der Waals surface area contributed by atoms with Crippen LogP contribution in [0.1, 0.15) is 44.5 Å². The highest BCUT2D eigenvalue weighted by Crippen LogP contribution is 2.48. The van der Waals surface area contributed by atoms with Crippen molar-refractivity contribution in [3.8, 4) is 34.1 Å². The second-order valence-electron chi connectivity index (χ2n) is 14.3. The van der Waals surface area contributed by atoms with E-state index in [1.165, 1.54) is 54.1 Å². The minimum absolute atomic E-state index is 0.814. The summed E-state index contributed by atoms with van der Waals surface area (Å²) in [4.78, 5) is 0. The third kappa shape index (κ3) is 7.66. The summed E-state index contributed by atoms with van der Waals surface area (Å²) in [6.07, 6.45) is 0. The van der Waals surface area contributed by atoms with Crippen LogP contribution < -0.4 is 50.8 Å². The molecular weight excluding hydrogens is 702 g/mol. The van der Waals surface area contributed by atoms with E-state index in [0.29, 0.717) is 0 Å². The molecule has 0 saturated heterocycles. The molecule has 0 bridgehead atoms. The van der Waals surface area contributed by atoms with Gasteiger partial charge in [0.2, 0.25) is 0 Å². The Hall–Kier alpha value is -4.62. The third-order valence-corrected chi connectivity index (χ3v) is 14.7. The molecule has 6 aromatic rings. The number of benzene rings is 6. The zero-order valence-corrected chi connectivity index (χ0v) is 35.6. The molecule has 0 amide bonds. The largest absolute Gasteiger partial charge is 0.496 e. The molecule has 0 spiro atoms. The van der Waals surface area contributed by atoms with Gasteiger partial charge in [-0.1, -0.05) is 82.9 Å². The summed E-state index contributed by atoms with van der Waals surface area (Å²) >= 11 is 0. The lowest BCUT2D eigenvalue weighted by Gasteiger charge is -2.29. The average Bonchev–Trinajstić information content (AvgIpc) is 3.11. The van der Waals surface area contributed by atoms with Crippen LogP contribution in [0.5, 0.6) is 23.0 Å². The molecule has 278 valence electrons. The van der Waals surface area contributed by atoms with Crippen LogP contribution in [0.3, 0.4) is 0 Å². The molecule has 6 heteroatoms. The van der Waals surface area contributed by atoms with Crippen molar-refractivity contribution in [3.63, 3.8) is 0 Å². The van der Waals surface area contributed by atoms with Crippen LogP contribution in [0.4, 0.5) is 0 Å². The minimum Gasteiger partial charge on any atom is -0.496 e. The van der Waals surface area contributed by atoms with Crippen LogP contribution in [0.25, 0.3) is 11.1 Å². The molecule has 0 aliphatic heterocycles. The van der Waals surface area contributed by atoms with Gasteiger partial charge in [0.1, 0.15) is 23.0 Å². The quantitative estimate of drug-likeness (QED) is 0.124. The van der Waals surface area contributed by atoms with E-state index in [1.807, 2.05) is 0 Å². The molecule has 0 radical (unpaired) electrons. The van der Waals surface area contributed by atoms with E-state index in [2.05, 4.69) is 152 Å². The molecule has 2 unspecified atom stereocenters. The van der Waals surface area contributed by atoms with Gasteiger partial charge in [0.15, 0.2) is 0 Å². The second-order valence-corrected chi connectivity index (χ2v) is 18.7. The summed E-state index contributed by atoms with van der Waals surface area (Å²) in [5, 5.41) is 7.51. The van der Waals surface area contributed by atoms with Crippen LogP contribution in [0, 0.1) is 55.4 Å². The number of aryl methyl sites for hydroxylation is 8. The first-order valence-electron chi connectivity index (χ1n) is 18.3. The molecule has 54 heavy (non-hydrogen) atoms. The van der Waals surface area contributed by atoms with Crippen molar-refractivity contribution in [2.75, 3.05) is 28.4 Å². The SMILES string of the molecule is COc1cccc(P(c2cc(C)cc(C)c2)c2cc(C)c(OC)c(C)c2)c1-c1c(OC)cccc1P(c1cc(C)cc(C)c1)c1cc(C)c(OC)c(C)c1. The third-order valence-electron chi connectivity index (χ3n) is 9.92. The molecule has 0 saturated carbocycles. The summed E-state index contributed by atoms with van der Waals surface area (Å²) in [5.74, 6) is 3.48. The Morgan fingerprint density at radius 1 is 0.352 bits per heavy atom. The van der Waals surface area contributed by atoms with Crippen LogP contribution in [0.2, 0.25) is 0 Å². The van der Waals surface area contributed by atoms with Gasteiger partial charge < -0.3 is 18.9 Å². The van der Waals surface area contributed by atoms with Gasteiger partial charge in [0.05, 0.1) is 28.4 Å². The first-order valence-corrected chi connectivity index (χ1v) is 21.0. The number of hydrogen-bond donors (Lipinski definition) is 0. The highest BCUT2D eigenvalue weighted by Gasteiger charge is 2.31. The van der Waals surface area contributed by atoms with E-state index >= 15 is 0 Å². The lowest BCUT2D eigenvalue weighted by atomic mass is 10.0. The lowest BCUT2D eigenvalue weighted by molar-refractivity contribution is 0.408. The van der Waals surface area contributed by atoms with Gasteiger partial charge in [-0.2, -0.15) is 0 Å². The Kier molecular flexibility index (Phi) is 11.9. The number of ether oxygens (including phenoxy) is 4. The van der Waals surface area contributed by atoms with Crippen molar-refractivity contribution < 1.29 is 18.9 Å². The highest BCUT2D eigenvalue weighted by molar-refractivity contribution is 7.80. The normalized spacial score (nSPS) is 12.3. The van der Waals surface area contributed by atoms with Crippen molar-refractivity contribution in [2.45, 2.75) is 55.4 Å². The number of rotatable bonds is 11. The average molecular weight is 755 g/mol. The summed E-state index contributed by atoms with van der Waals surface area (Å²) in [5.41, 5.74) is 11.6. The van der Waals surface area contributed by atoms with Gasteiger partial charge >= 0.3 is 0 Å². The zero-order chi connectivity index (χ0) is 38.8. The zero-order valence-electron chi connectivity index (χ0n) is 33.8. The van der Waals surface area contributed by atoms with Gasteiger partial charge in [-0.25, -0.2) is 0 Å². The van der Waals surface area contributed by atoms with E-state index in [9.17, 15) is 0 Å². The maximum atomic E-state index is 6.37. The van der Waals surface area contributed by atoms with Gasteiger partial charge in [-0.05, 0) is 162 Å². The molecule has 0 aliphatic carbocycles. The number of hydrogen-bond acceptors (Lipinski definition) is 4. The fourth-order valence-electron chi connectivity index (χ4n) is 8.03. The maximum absolute atomic E-state index is 6.37. The molecule has 6 rings (SSSR count). The molecule has 0 fully saturated rings.